The fourth-order valence-electron chi connectivity index (χ4n) is 1.74. The number of nitrogens with zero attached hydrogens (tertiary/aromatic N) is 1. The summed E-state index contributed by atoms with van der Waals surface area (Å²) < 4.78 is 0. The van der Waals surface area contributed by atoms with Crippen molar-refractivity contribution in [2.75, 3.05) is 12.3 Å². The van der Waals surface area contributed by atoms with Gasteiger partial charge in [0.15, 0.2) is 5.13 Å². The molecular weight excluding hydrogens is 262 g/mol. The Morgan fingerprint density at radius 2 is 2.21 bits per heavy atom. The van der Waals surface area contributed by atoms with E-state index < -0.39 is 0 Å². The lowest BCUT2D eigenvalue weighted by atomic mass is 10.1. The first-order chi connectivity index (χ1) is 9.08. The fourth-order valence-corrected chi connectivity index (χ4v) is 2.49. The van der Waals surface area contributed by atoms with Crippen LogP contribution in [0.1, 0.15) is 20.9 Å². The van der Waals surface area contributed by atoms with Gasteiger partial charge in [-0.05, 0) is 25.0 Å². The SMILES string of the molecule is Cc1nc(N)sc1C(=O)NCCc1ccccc1O. The molecule has 0 radical (unpaired) electrons. The molecule has 4 N–H and O–H groups in total. The first kappa shape index (κ1) is 13.4. The highest BCUT2D eigenvalue weighted by molar-refractivity contribution is 7.17. The average Bonchev–Trinajstić information content (AvgIpc) is 2.71. The molecule has 0 fully saturated rings. The average molecular weight is 277 g/mol. The molecule has 0 saturated carbocycles. The minimum atomic E-state index is -0.179. The van der Waals surface area contributed by atoms with Gasteiger partial charge in [-0.1, -0.05) is 29.5 Å². The highest BCUT2D eigenvalue weighted by Crippen LogP contribution is 2.19. The minimum absolute atomic E-state index is 0.179. The number of aryl methyl sites for hydroxylation is 1. The Hall–Kier alpha value is -2.08. The van der Waals surface area contributed by atoms with E-state index in [9.17, 15) is 9.90 Å². The summed E-state index contributed by atoms with van der Waals surface area (Å²) in [5.74, 6) is 0.0667. The van der Waals surface area contributed by atoms with Crippen molar-refractivity contribution in [3.05, 3.63) is 40.4 Å². The maximum atomic E-state index is 11.9. The molecule has 1 heterocycles. The largest absolute Gasteiger partial charge is 0.508 e. The van der Waals surface area contributed by atoms with Crippen molar-refractivity contribution in [3.63, 3.8) is 0 Å². The molecule has 2 aromatic rings. The van der Waals surface area contributed by atoms with Crippen LogP contribution in [0.2, 0.25) is 0 Å². The number of para-hydroxylation sites is 1. The number of thiazole rings is 1. The van der Waals surface area contributed by atoms with Gasteiger partial charge in [0.05, 0.1) is 5.69 Å². The Kier molecular flexibility index (Phi) is 4.01. The van der Waals surface area contributed by atoms with E-state index in [1.54, 1.807) is 19.1 Å². The van der Waals surface area contributed by atoms with Crippen LogP contribution in [-0.4, -0.2) is 22.5 Å². The third-order valence-electron chi connectivity index (χ3n) is 2.69. The molecular formula is C13H15N3O2S. The summed E-state index contributed by atoms with van der Waals surface area (Å²) in [6.07, 6.45) is 0.575. The van der Waals surface area contributed by atoms with Gasteiger partial charge in [0.2, 0.25) is 0 Å². The number of carbonyl (C=O) groups is 1. The number of phenols is 1. The fraction of sp³-hybridized carbons (Fsp3) is 0.231. The van der Waals surface area contributed by atoms with E-state index in [1.165, 1.54) is 11.3 Å². The number of aromatic nitrogens is 1. The van der Waals surface area contributed by atoms with Gasteiger partial charge in [0.25, 0.3) is 5.91 Å². The first-order valence-corrected chi connectivity index (χ1v) is 6.67. The minimum Gasteiger partial charge on any atom is -0.508 e. The van der Waals surface area contributed by atoms with Gasteiger partial charge in [0, 0.05) is 6.54 Å². The number of hydrogen-bond donors (Lipinski definition) is 3. The van der Waals surface area contributed by atoms with Gasteiger partial charge in [-0.3, -0.25) is 4.79 Å². The van der Waals surface area contributed by atoms with Crippen LogP contribution in [0, 0.1) is 6.92 Å². The zero-order valence-corrected chi connectivity index (χ0v) is 11.3. The van der Waals surface area contributed by atoms with Crippen LogP contribution < -0.4 is 11.1 Å². The zero-order chi connectivity index (χ0) is 13.8. The summed E-state index contributed by atoms with van der Waals surface area (Å²) in [6.45, 7) is 2.21. The highest BCUT2D eigenvalue weighted by atomic mass is 32.1. The Labute approximate surface area is 115 Å². The summed E-state index contributed by atoms with van der Waals surface area (Å²) >= 11 is 1.18. The summed E-state index contributed by atoms with van der Waals surface area (Å²) in [6, 6.07) is 7.08. The molecule has 19 heavy (non-hydrogen) atoms. The van der Waals surface area contributed by atoms with Crippen LogP contribution in [0.5, 0.6) is 5.75 Å². The van der Waals surface area contributed by atoms with Crippen molar-refractivity contribution in [1.82, 2.24) is 10.3 Å². The lowest BCUT2D eigenvalue weighted by Crippen LogP contribution is -2.25. The molecule has 100 valence electrons. The molecule has 5 nitrogen and oxygen atoms in total. The standard InChI is InChI=1S/C13H15N3O2S/c1-8-11(19-13(14)16-8)12(18)15-7-6-9-4-2-3-5-10(9)17/h2-5,17H,6-7H2,1H3,(H2,14,16)(H,15,18). The molecule has 6 heteroatoms. The number of nitrogens with one attached hydrogen (secondary N) is 1. The van der Waals surface area contributed by atoms with Crippen molar-refractivity contribution in [2.45, 2.75) is 13.3 Å². The molecule has 1 amide bonds. The lowest BCUT2D eigenvalue weighted by Gasteiger charge is -2.05. The number of nitrogens with two attached hydrogens (primary N) is 1. The molecule has 1 aromatic heterocycles. The number of hydrogen-bond acceptors (Lipinski definition) is 5. The summed E-state index contributed by atoms with van der Waals surface area (Å²) in [5, 5.41) is 12.8. The van der Waals surface area contributed by atoms with Crippen molar-refractivity contribution in [2.24, 2.45) is 0 Å². The van der Waals surface area contributed by atoms with E-state index in [-0.39, 0.29) is 11.7 Å². The topological polar surface area (TPSA) is 88.2 Å². The zero-order valence-electron chi connectivity index (χ0n) is 10.5. The number of aromatic hydroxyl groups is 1. The smallest absolute Gasteiger partial charge is 0.263 e. The van der Waals surface area contributed by atoms with E-state index in [0.717, 1.165) is 5.56 Å². The highest BCUT2D eigenvalue weighted by Gasteiger charge is 2.13. The quantitative estimate of drug-likeness (QED) is 0.794. The van der Waals surface area contributed by atoms with Gasteiger partial charge < -0.3 is 16.2 Å². The van der Waals surface area contributed by atoms with E-state index in [1.807, 2.05) is 12.1 Å². The first-order valence-electron chi connectivity index (χ1n) is 5.86. The van der Waals surface area contributed by atoms with Crippen LogP contribution in [0.3, 0.4) is 0 Å². The number of benzene rings is 1. The second-order valence-corrected chi connectivity index (χ2v) is 5.13. The van der Waals surface area contributed by atoms with Crippen LogP contribution in [-0.2, 0) is 6.42 Å². The third kappa shape index (κ3) is 3.23. The van der Waals surface area contributed by atoms with E-state index in [2.05, 4.69) is 10.3 Å². The predicted octanol–water partition coefficient (Wildman–Crippen LogP) is 1.71. The Balaban J connectivity index is 1.91. The maximum Gasteiger partial charge on any atom is 0.263 e. The second-order valence-electron chi connectivity index (χ2n) is 4.10. The number of carbonyl (C=O) groups excluding carboxylic acids is 1. The van der Waals surface area contributed by atoms with Crippen molar-refractivity contribution >= 4 is 22.4 Å². The van der Waals surface area contributed by atoms with Crippen molar-refractivity contribution in [3.8, 4) is 5.75 Å². The lowest BCUT2D eigenvalue weighted by molar-refractivity contribution is 0.0957. The van der Waals surface area contributed by atoms with Gasteiger partial charge in [-0.25, -0.2) is 4.98 Å². The van der Waals surface area contributed by atoms with Crippen LogP contribution in [0.25, 0.3) is 0 Å². The molecule has 0 spiro atoms. The van der Waals surface area contributed by atoms with Gasteiger partial charge >= 0.3 is 0 Å². The summed E-state index contributed by atoms with van der Waals surface area (Å²) in [7, 11) is 0. The van der Waals surface area contributed by atoms with Crippen molar-refractivity contribution in [1.29, 1.82) is 0 Å². The molecule has 2 rings (SSSR count). The Bertz CT molecular complexity index is 595. The molecule has 0 saturated heterocycles. The third-order valence-corrected chi connectivity index (χ3v) is 3.68. The number of nitrogen functional groups attached to an aromatic ring is 1. The van der Waals surface area contributed by atoms with E-state index in [4.69, 9.17) is 5.73 Å². The molecule has 0 aliphatic carbocycles. The molecule has 0 bridgehead atoms. The Morgan fingerprint density at radius 3 is 2.84 bits per heavy atom. The normalized spacial score (nSPS) is 10.4. The van der Waals surface area contributed by atoms with Crippen LogP contribution in [0.4, 0.5) is 5.13 Å². The molecule has 1 aromatic carbocycles. The summed E-state index contributed by atoms with van der Waals surface area (Å²) in [5.41, 5.74) is 7.00. The second kappa shape index (κ2) is 5.71. The Morgan fingerprint density at radius 1 is 1.47 bits per heavy atom. The van der Waals surface area contributed by atoms with Gasteiger partial charge in [-0.15, -0.1) is 0 Å². The van der Waals surface area contributed by atoms with Crippen LogP contribution >= 0.6 is 11.3 Å². The van der Waals surface area contributed by atoms with Crippen molar-refractivity contribution < 1.29 is 9.90 Å². The monoisotopic (exact) mass is 277 g/mol. The number of rotatable bonds is 4. The molecule has 0 atom stereocenters. The maximum absolute atomic E-state index is 11.9. The van der Waals surface area contributed by atoms with Crippen LogP contribution in [0.15, 0.2) is 24.3 Å². The van der Waals surface area contributed by atoms with Gasteiger partial charge in [0.1, 0.15) is 10.6 Å². The molecule has 0 aliphatic rings. The number of anilines is 1. The molecule has 0 unspecified atom stereocenters. The van der Waals surface area contributed by atoms with E-state index >= 15 is 0 Å². The number of phenolic OH excluding ortho intramolecular Hbond substituents is 1. The van der Waals surface area contributed by atoms with Gasteiger partial charge in [-0.2, -0.15) is 0 Å². The van der Waals surface area contributed by atoms with E-state index in [0.29, 0.717) is 28.7 Å². The molecule has 0 aliphatic heterocycles. The predicted molar refractivity (Wildman–Crippen MR) is 75.4 cm³/mol. The number of amides is 1. The summed E-state index contributed by atoms with van der Waals surface area (Å²) in [4.78, 5) is 16.4.